The molecule has 7 nitrogen and oxygen atoms in total. The molecule has 1 atom stereocenters. The highest BCUT2D eigenvalue weighted by molar-refractivity contribution is 6.03. The first-order valence-electron chi connectivity index (χ1n) is 8.27. The van der Waals surface area contributed by atoms with Crippen LogP contribution in [0.3, 0.4) is 0 Å². The van der Waals surface area contributed by atoms with Gasteiger partial charge in [-0.2, -0.15) is 13.9 Å². The fourth-order valence-electron chi connectivity index (χ4n) is 2.84. The van der Waals surface area contributed by atoms with Crippen LogP contribution < -0.4 is 20.1 Å². The van der Waals surface area contributed by atoms with Crippen LogP contribution in [-0.2, 0) is 0 Å². The third kappa shape index (κ3) is 4.29. The Morgan fingerprint density at radius 1 is 1.42 bits per heavy atom. The summed E-state index contributed by atoms with van der Waals surface area (Å²) >= 11 is 0. The van der Waals surface area contributed by atoms with E-state index in [2.05, 4.69) is 20.5 Å². The van der Waals surface area contributed by atoms with Gasteiger partial charge in [-0.05, 0) is 37.6 Å². The first kappa shape index (κ1) is 18.1. The number of hydrogen-bond acceptors (Lipinski definition) is 5. The van der Waals surface area contributed by atoms with Crippen LogP contribution in [0.4, 0.5) is 14.5 Å². The number of ether oxygens (including phenoxy) is 2. The number of nitrogens with zero attached hydrogens (tertiary/aromatic N) is 2. The SMILES string of the molecule is COc1ccc(OC(F)F)c(NC(=O)c2ccn(C3CCCNC3)n2)c1. The number of nitrogens with one attached hydrogen (secondary N) is 2. The predicted octanol–water partition coefficient (Wildman–Crippen LogP) is 2.67. The molecule has 2 aromatic rings. The Hall–Kier alpha value is -2.68. The molecule has 140 valence electrons. The Kier molecular flexibility index (Phi) is 5.67. The second-order valence-electron chi connectivity index (χ2n) is 5.88. The lowest BCUT2D eigenvalue weighted by Gasteiger charge is -2.22. The molecule has 1 aliphatic heterocycles. The molecular formula is C17H20F2N4O3. The average molecular weight is 366 g/mol. The van der Waals surface area contributed by atoms with Crippen LogP contribution in [0.5, 0.6) is 11.5 Å². The molecule has 26 heavy (non-hydrogen) atoms. The van der Waals surface area contributed by atoms with Gasteiger partial charge in [0, 0.05) is 18.8 Å². The maximum absolute atomic E-state index is 12.6. The fraction of sp³-hybridized carbons (Fsp3) is 0.412. The summed E-state index contributed by atoms with van der Waals surface area (Å²) < 4.78 is 36.4. The molecule has 2 heterocycles. The van der Waals surface area contributed by atoms with Crippen LogP contribution in [0, 0.1) is 0 Å². The van der Waals surface area contributed by atoms with E-state index in [1.54, 1.807) is 16.9 Å². The van der Waals surface area contributed by atoms with Gasteiger partial charge in [0.15, 0.2) is 5.69 Å². The molecule has 1 amide bonds. The summed E-state index contributed by atoms with van der Waals surface area (Å²) in [4.78, 5) is 12.5. The maximum atomic E-state index is 12.6. The highest BCUT2D eigenvalue weighted by Gasteiger charge is 2.19. The standard InChI is InChI=1S/C17H20F2N4O3/c1-25-12-4-5-15(26-17(18)19)14(9-12)21-16(24)13-6-8-23(22-13)11-3-2-7-20-10-11/h4-6,8-9,11,17,20H,2-3,7,10H2,1H3,(H,21,24). The van der Waals surface area contributed by atoms with E-state index in [1.807, 2.05) is 0 Å². The van der Waals surface area contributed by atoms with Gasteiger partial charge in [-0.15, -0.1) is 0 Å². The number of hydrogen-bond donors (Lipinski definition) is 2. The van der Waals surface area contributed by atoms with Gasteiger partial charge in [0.2, 0.25) is 0 Å². The zero-order valence-corrected chi connectivity index (χ0v) is 14.2. The zero-order valence-electron chi connectivity index (χ0n) is 14.2. The molecule has 0 saturated carbocycles. The summed E-state index contributed by atoms with van der Waals surface area (Å²) in [6.07, 6.45) is 3.77. The minimum Gasteiger partial charge on any atom is -0.497 e. The summed E-state index contributed by atoms with van der Waals surface area (Å²) in [5.74, 6) is -0.259. The summed E-state index contributed by atoms with van der Waals surface area (Å²) in [7, 11) is 1.44. The average Bonchev–Trinajstić information content (AvgIpc) is 3.14. The van der Waals surface area contributed by atoms with E-state index in [0.717, 1.165) is 25.9 Å². The van der Waals surface area contributed by atoms with Gasteiger partial charge in [-0.3, -0.25) is 9.48 Å². The normalized spacial score (nSPS) is 17.2. The first-order valence-corrected chi connectivity index (χ1v) is 8.27. The highest BCUT2D eigenvalue weighted by atomic mass is 19.3. The predicted molar refractivity (Wildman–Crippen MR) is 90.9 cm³/mol. The van der Waals surface area contributed by atoms with Crippen molar-refractivity contribution in [2.75, 3.05) is 25.5 Å². The lowest BCUT2D eigenvalue weighted by Crippen LogP contribution is -2.32. The molecule has 3 rings (SSSR count). The largest absolute Gasteiger partial charge is 0.497 e. The quantitative estimate of drug-likeness (QED) is 0.822. The number of benzene rings is 1. The maximum Gasteiger partial charge on any atom is 0.387 e. The van der Waals surface area contributed by atoms with Crippen molar-refractivity contribution in [3.05, 3.63) is 36.2 Å². The molecule has 0 radical (unpaired) electrons. The van der Waals surface area contributed by atoms with Crippen molar-refractivity contribution in [1.82, 2.24) is 15.1 Å². The Bertz CT molecular complexity index is 760. The molecular weight excluding hydrogens is 346 g/mol. The molecule has 9 heteroatoms. The number of carbonyl (C=O) groups is 1. The smallest absolute Gasteiger partial charge is 0.387 e. The summed E-state index contributed by atoms with van der Waals surface area (Å²) in [6, 6.07) is 5.99. The third-order valence-corrected chi connectivity index (χ3v) is 4.14. The lowest BCUT2D eigenvalue weighted by atomic mass is 10.1. The monoisotopic (exact) mass is 366 g/mol. The minimum atomic E-state index is -3.00. The number of aromatic nitrogens is 2. The van der Waals surface area contributed by atoms with Crippen LogP contribution >= 0.6 is 0 Å². The third-order valence-electron chi connectivity index (χ3n) is 4.14. The van der Waals surface area contributed by atoms with Gasteiger partial charge in [0.05, 0.1) is 18.8 Å². The Morgan fingerprint density at radius 3 is 2.96 bits per heavy atom. The molecule has 1 unspecified atom stereocenters. The van der Waals surface area contributed by atoms with Gasteiger partial charge in [0.1, 0.15) is 11.5 Å². The number of alkyl halides is 2. The Labute approximate surface area is 149 Å². The lowest BCUT2D eigenvalue weighted by molar-refractivity contribution is -0.0494. The molecule has 1 aliphatic rings. The summed E-state index contributed by atoms with van der Waals surface area (Å²) in [5, 5.41) is 10.1. The molecule has 1 fully saturated rings. The topological polar surface area (TPSA) is 77.4 Å². The van der Waals surface area contributed by atoms with E-state index in [1.165, 1.54) is 25.3 Å². The van der Waals surface area contributed by atoms with Gasteiger partial charge < -0.3 is 20.1 Å². The van der Waals surface area contributed by atoms with Gasteiger partial charge >= 0.3 is 6.61 Å². The number of methoxy groups -OCH3 is 1. The van der Waals surface area contributed by atoms with E-state index in [4.69, 9.17) is 4.74 Å². The van der Waals surface area contributed by atoms with Crippen molar-refractivity contribution < 1.29 is 23.0 Å². The Morgan fingerprint density at radius 2 is 2.27 bits per heavy atom. The number of amides is 1. The number of rotatable bonds is 6. The van der Waals surface area contributed by atoms with Crippen LogP contribution in [-0.4, -0.2) is 42.5 Å². The molecule has 1 aromatic heterocycles. The van der Waals surface area contributed by atoms with Crippen molar-refractivity contribution in [2.24, 2.45) is 0 Å². The first-order chi connectivity index (χ1) is 12.6. The van der Waals surface area contributed by atoms with Crippen LogP contribution in [0.15, 0.2) is 30.5 Å². The number of piperidine rings is 1. The number of carbonyl (C=O) groups excluding carboxylic acids is 1. The highest BCUT2D eigenvalue weighted by Crippen LogP contribution is 2.30. The minimum absolute atomic E-state index is 0.0866. The molecule has 1 aromatic carbocycles. The van der Waals surface area contributed by atoms with Crippen LogP contribution in [0.25, 0.3) is 0 Å². The van der Waals surface area contributed by atoms with Crippen molar-refractivity contribution in [3.8, 4) is 11.5 Å². The van der Waals surface area contributed by atoms with Gasteiger partial charge in [-0.1, -0.05) is 0 Å². The Balaban J connectivity index is 1.75. The van der Waals surface area contributed by atoms with E-state index in [-0.39, 0.29) is 23.2 Å². The van der Waals surface area contributed by atoms with E-state index in [0.29, 0.717) is 5.75 Å². The number of halogens is 2. The van der Waals surface area contributed by atoms with Crippen molar-refractivity contribution >= 4 is 11.6 Å². The van der Waals surface area contributed by atoms with E-state index >= 15 is 0 Å². The molecule has 0 bridgehead atoms. The summed E-state index contributed by atoms with van der Waals surface area (Å²) in [5.41, 5.74) is 0.282. The molecule has 2 N–H and O–H groups in total. The van der Waals surface area contributed by atoms with Gasteiger partial charge in [-0.25, -0.2) is 0 Å². The van der Waals surface area contributed by atoms with Crippen molar-refractivity contribution in [2.45, 2.75) is 25.5 Å². The second-order valence-corrected chi connectivity index (χ2v) is 5.88. The van der Waals surface area contributed by atoms with Crippen molar-refractivity contribution in [3.63, 3.8) is 0 Å². The van der Waals surface area contributed by atoms with E-state index in [9.17, 15) is 13.6 Å². The molecule has 0 aliphatic carbocycles. The van der Waals surface area contributed by atoms with Crippen LogP contribution in [0.1, 0.15) is 29.4 Å². The van der Waals surface area contributed by atoms with Crippen molar-refractivity contribution in [1.29, 1.82) is 0 Å². The van der Waals surface area contributed by atoms with Crippen LogP contribution in [0.2, 0.25) is 0 Å². The molecule has 1 saturated heterocycles. The van der Waals surface area contributed by atoms with Gasteiger partial charge in [0.25, 0.3) is 5.91 Å². The zero-order chi connectivity index (χ0) is 18.5. The summed E-state index contributed by atoms with van der Waals surface area (Å²) in [6.45, 7) is -1.23. The fourth-order valence-corrected chi connectivity index (χ4v) is 2.84. The number of anilines is 1. The second kappa shape index (κ2) is 8.13. The molecule has 0 spiro atoms. The van der Waals surface area contributed by atoms with E-state index < -0.39 is 12.5 Å².